The van der Waals surface area contributed by atoms with Crippen molar-refractivity contribution in [2.75, 3.05) is 7.11 Å². The van der Waals surface area contributed by atoms with Crippen LogP contribution in [0.15, 0.2) is 34.8 Å². The summed E-state index contributed by atoms with van der Waals surface area (Å²) in [5.74, 6) is 0.864. The molecule has 134 valence electrons. The first-order chi connectivity index (χ1) is 11.1. The second-order valence-electron chi connectivity index (χ2n) is 7.85. The first kappa shape index (κ1) is 19.7. The van der Waals surface area contributed by atoms with Gasteiger partial charge in [-0.15, -0.1) is 0 Å². The molecule has 0 aromatic heterocycles. The minimum Gasteiger partial charge on any atom is -0.497 e. The first-order valence-electron chi connectivity index (χ1n) is 8.42. The molecule has 0 aliphatic heterocycles. The van der Waals surface area contributed by atoms with Crippen LogP contribution in [0.1, 0.15) is 32.8 Å². The molecule has 0 saturated heterocycles. The third-order valence-electron chi connectivity index (χ3n) is 4.96. The molecule has 0 unspecified atom stereocenters. The van der Waals surface area contributed by atoms with E-state index < -0.39 is 8.32 Å². The van der Waals surface area contributed by atoms with Crippen molar-refractivity contribution in [1.82, 2.24) is 0 Å². The molecule has 0 bridgehead atoms. The highest BCUT2D eigenvalue weighted by molar-refractivity contribution is 9.11. The Morgan fingerprint density at radius 1 is 1.17 bits per heavy atom. The van der Waals surface area contributed by atoms with Crippen LogP contribution in [0.4, 0.5) is 0 Å². The summed E-state index contributed by atoms with van der Waals surface area (Å²) in [4.78, 5) is 0. The standard InChI is InChI=1S/C19H29BrO3Si/c1-19(2,3)24(5,6)23-16-11-17(20)18(12-16)22-13-14-7-9-15(21-4)10-8-14/h7-11,16,18H,12-13H2,1-6H3/t16-,18+/m1/s1. The van der Waals surface area contributed by atoms with Crippen molar-refractivity contribution in [2.45, 2.75) is 64.1 Å². The third-order valence-corrected chi connectivity index (χ3v) is 10.2. The zero-order chi connectivity index (χ0) is 18.0. The number of benzene rings is 1. The molecule has 0 N–H and O–H groups in total. The van der Waals surface area contributed by atoms with Crippen LogP contribution in [0.25, 0.3) is 0 Å². The smallest absolute Gasteiger partial charge is 0.192 e. The van der Waals surface area contributed by atoms with Gasteiger partial charge in [-0.05, 0) is 41.9 Å². The van der Waals surface area contributed by atoms with E-state index in [1.165, 1.54) is 0 Å². The lowest BCUT2D eigenvalue weighted by Crippen LogP contribution is -2.43. The van der Waals surface area contributed by atoms with Crippen molar-refractivity contribution in [2.24, 2.45) is 0 Å². The lowest BCUT2D eigenvalue weighted by molar-refractivity contribution is 0.0530. The van der Waals surface area contributed by atoms with Crippen LogP contribution in [0, 0.1) is 0 Å². The predicted octanol–water partition coefficient (Wildman–Crippen LogP) is 5.65. The van der Waals surface area contributed by atoms with Crippen LogP contribution in [0.5, 0.6) is 5.75 Å². The van der Waals surface area contributed by atoms with Crippen LogP contribution in [-0.4, -0.2) is 27.6 Å². The highest BCUT2D eigenvalue weighted by Crippen LogP contribution is 2.40. The maximum Gasteiger partial charge on any atom is 0.192 e. The summed E-state index contributed by atoms with van der Waals surface area (Å²) in [6, 6.07) is 7.99. The zero-order valence-corrected chi connectivity index (χ0v) is 18.1. The normalized spacial score (nSPS) is 21.7. The molecular formula is C19H29BrO3Si. The fraction of sp³-hybridized carbons (Fsp3) is 0.579. The van der Waals surface area contributed by atoms with Crippen LogP contribution < -0.4 is 4.74 Å². The van der Waals surface area contributed by atoms with Crippen molar-refractivity contribution in [3.8, 4) is 5.75 Å². The van der Waals surface area contributed by atoms with E-state index in [-0.39, 0.29) is 17.2 Å². The molecule has 5 heteroatoms. The summed E-state index contributed by atoms with van der Waals surface area (Å²) in [5.41, 5.74) is 1.14. The van der Waals surface area contributed by atoms with Gasteiger partial charge in [0.25, 0.3) is 0 Å². The fourth-order valence-corrected chi connectivity index (χ4v) is 4.27. The van der Waals surface area contributed by atoms with Crippen LogP contribution in [-0.2, 0) is 15.8 Å². The first-order valence-corrected chi connectivity index (χ1v) is 12.1. The van der Waals surface area contributed by atoms with Crippen molar-refractivity contribution >= 4 is 24.2 Å². The van der Waals surface area contributed by atoms with E-state index >= 15 is 0 Å². The molecule has 1 aromatic rings. The molecule has 1 aromatic carbocycles. The van der Waals surface area contributed by atoms with Crippen molar-refractivity contribution in [1.29, 1.82) is 0 Å². The summed E-state index contributed by atoms with van der Waals surface area (Å²) in [6.07, 6.45) is 3.26. The van der Waals surface area contributed by atoms with Gasteiger partial charge in [0, 0.05) is 10.9 Å². The van der Waals surface area contributed by atoms with E-state index in [0.717, 1.165) is 22.2 Å². The van der Waals surface area contributed by atoms with E-state index in [4.69, 9.17) is 13.9 Å². The van der Waals surface area contributed by atoms with Gasteiger partial charge in [-0.3, -0.25) is 0 Å². The number of hydrogen-bond donors (Lipinski definition) is 0. The van der Waals surface area contributed by atoms with Crippen LogP contribution in [0.3, 0.4) is 0 Å². The maximum atomic E-state index is 6.48. The molecule has 0 fully saturated rings. The number of halogens is 1. The number of ether oxygens (including phenoxy) is 2. The topological polar surface area (TPSA) is 27.7 Å². The summed E-state index contributed by atoms with van der Waals surface area (Å²) in [5, 5.41) is 0.218. The Bertz CT molecular complexity index is 575. The van der Waals surface area contributed by atoms with Gasteiger partial charge in [0.1, 0.15) is 5.75 Å². The van der Waals surface area contributed by atoms with Gasteiger partial charge in [0.05, 0.1) is 25.9 Å². The summed E-state index contributed by atoms with van der Waals surface area (Å²) >= 11 is 3.65. The number of hydrogen-bond acceptors (Lipinski definition) is 3. The second-order valence-corrected chi connectivity index (χ2v) is 13.5. The SMILES string of the molecule is COc1ccc(CO[C@H]2C[C@H](O[Si](C)(C)C(C)(C)C)C=C2Br)cc1. The molecule has 1 aliphatic rings. The Hall–Kier alpha value is -0.623. The molecule has 0 amide bonds. The zero-order valence-electron chi connectivity index (χ0n) is 15.6. The van der Waals surface area contributed by atoms with Crippen molar-refractivity contribution in [3.05, 3.63) is 40.4 Å². The van der Waals surface area contributed by atoms with E-state index in [2.05, 4.69) is 55.9 Å². The largest absolute Gasteiger partial charge is 0.497 e. The minimum absolute atomic E-state index is 0.0712. The summed E-state index contributed by atoms with van der Waals surface area (Å²) in [7, 11) is -0.0864. The second kappa shape index (κ2) is 7.73. The van der Waals surface area contributed by atoms with Crippen LogP contribution >= 0.6 is 15.9 Å². The van der Waals surface area contributed by atoms with Gasteiger partial charge < -0.3 is 13.9 Å². The Balaban J connectivity index is 1.89. The summed E-state index contributed by atoms with van der Waals surface area (Å²) < 4.78 is 18.8. The molecule has 3 nitrogen and oxygen atoms in total. The molecule has 2 rings (SSSR count). The molecule has 0 heterocycles. The molecule has 1 aliphatic carbocycles. The average Bonchev–Trinajstić information content (AvgIpc) is 2.83. The molecule has 2 atom stereocenters. The number of methoxy groups -OCH3 is 1. The molecule has 0 radical (unpaired) electrons. The lowest BCUT2D eigenvalue weighted by Gasteiger charge is -2.38. The Labute approximate surface area is 155 Å². The van der Waals surface area contributed by atoms with Gasteiger partial charge in [-0.2, -0.15) is 0 Å². The fourth-order valence-electron chi connectivity index (χ4n) is 2.38. The van der Waals surface area contributed by atoms with Gasteiger partial charge in [0.15, 0.2) is 8.32 Å². The maximum absolute atomic E-state index is 6.48. The van der Waals surface area contributed by atoms with E-state index in [0.29, 0.717) is 6.61 Å². The lowest BCUT2D eigenvalue weighted by atomic mass is 10.2. The minimum atomic E-state index is -1.76. The van der Waals surface area contributed by atoms with Crippen molar-refractivity contribution < 1.29 is 13.9 Å². The number of rotatable bonds is 6. The average molecular weight is 413 g/mol. The Morgan fingerprint density at radius 3 is 2.33 bits per heavy atom. The quantitative estimate of drug-likeness (QED) is 0.564. The van der Waals surface area contributed by atoms with Crippen molar-refractivity contribution in [3.63, 3.8) is 0 Å². The monoisotopic (exact) mass is 412 g/mol. The molecular weight excluding hydrogens is 384 g/mol. The van der Waals surface area contributed by atoms with E-state index in [1.807, 2.05) is 24.3 Å². The van der Waals surface area contributed by atoms with Gasteiger partial charge in [0.2, 0.25) is 0 Å². The van der Waals surface area contributed by atoms with Crippen LogP contribution in [0.2, 0.25) is 18.1 Å². The van der Waals surface area contributed by atoms with Gasteiger partial charge in [-0.25, -0.2) is 0 Å². The molecule has 0 saturated carbocycles. The van der Waals surface area contributed by atoms with Gasteiger partial charge >= 0.3 is 0 Å². The predicted molar refractivity (Wildman–Crippen MR) is 105 cm³/mol. The van der Waals surface area contributed by atoms with E-state index in [9.17, 15) is 0 Å². The van der Waals surface area contributed by atoms with E-state index in [1.54, 1.807) is 7.11 Å². The Morgan fingerprint density at radius 2 is 1.79 bits per heavy atom. The third kappa shape index (κ3) is 4.94. The molecule has 24 heavy (non-hydrogen) atoms. The Kier molecular flexibility index (Phi) is 6.34. The molecule has 0 spiro atoms. The highest BCUT2D eigenvalue weighted by atomic mass is 79.9. The summed E-state index contributed by atoms with van der Waals surface area (Å²) in [6.45, 7) is 12.0. The highest BCUT2D eigenvalue weighted by Gasteiger charge is 2.40. The van der Waals surface area contributed by atoms with Gasteiger partial charge in [-0.1, -0.05) is 48.8 Å².